The normalized spacial score (nSPS) is 18.2. The molecule has 8 nitrogen and oxygen atoms in total. The van der Waals surface area contributed by atoms with Crippen LogP contribution in [0.2, 0.25) is 0 Å². The van der Waals surface area contributed by atoms with E-state index in [1.807, 2.05) is 6.92 Å². The van der Waals surface area contributed by atoms with Crippen LogP contribution < -0.4 is 5.32 Å². The second-order valence-corrected chi connectivity index (χ2v) is 7.32. The third-order valence-corrected chi connectivity index (χ3v) is 5.18. The highest BCUT2D eigenvalue weighted by Crippen LogP contribution is 2.21. The largest absolute Gasteiger partial charge is 0.355 e. The highest BCUT2D eigenvalue weighted by atomic mass is 32.2. The number of carbonyl (C=O) groups is 3. The van der Waals surface area contributed by atoms with E-state index in [1.165, 1.54) is 42.1 Å². The summed E-state index contributed by atoms with van der Waals surface area (Å²) in [7, 11) is 2.94. The van der Waals surface area contributed by atoms with Gasteiger partial charge in [-0.25, -0.2) is 4.79 Å². The molecular weight excluding hydrogens is 326 g/mol. The number of nitrogens with one attached hydrogen (secondary N) is 1. The van der Waals surface area contributed by atoms with Crippen molar-refractivity contribution in [2.45, 2.75) is 23.7 Å². The fourth-order valence-corrected chi connectivity index (χ4v) is 3.73. The van der Waals surface area contributed by atoms with Crippen LogP contribution in [0.3, 0.4) is 0 Å². The molecule has 1 atom stereocenters. The minimum Gasteiger partial charge on any atom is -0.355 e. The van der Waals surface area contributed by atoms with Crippen molar-refractivity contribution >= 4 is 40.9 Å². The van der Waals surface area contributed by atoms with Crippen LogP contribution in [-0.4, -0.2) is 70.3 Å². The number of rotatable bonds is 6. The van der Waals surface area contributed by atoms with Gasteiger partial charge in [-0.3, -0.25) is 14.5 Å². The van der Waals surface area contributed by atoms with E-state index in [0.717, 1.165) is 14.2 Å². The molecule has 1 aliphatic heterocycles. The number of nitrogens with zero attached hydrogens (tertiary/aromatic N) is 4. The molecule has 1 aliphatic rings. The number of hydrogen-bond donors (Lipinski definition) is 1. The lowest BCUT2D eigenvalue weighted by atomic mass is 10.2. The Hall–Kier alpha value is -1.68. The standard InChI is InChI=1S/C12H17N5O3S2/c1-7-14-15-11(22-7)21-5-4-13-9(18)6-8-10(19)17(3)12(20)16(8)2/h8H,4-6H2,1-3H3,(H,13,18)/t8-/m1/s1. The first-order valence-corrected chi connectivity index (χ1v) is 8.44. The van der Waals surface area contributed by atoms with Gasteiger partial charge in [0, 0.05) is 26.4 Å². The first-order valence-electron chi connectivity index (χ1n) is 6.64. The Morgan fingerprint density at radius 1 is 1.36 bits per heavy atom. The molecule has 1 fully saturated rings. The molecule has 0 spiro atoms. The van der Waals surface area contributed by atoms with Gasteiger partial charge in [0.2, 0.25) is 5.91 Å². The van der Waals surface area contributed by atoms with Gasteiger partial charge in [0.15, 0.2) is 4.34 Å². The van der Waals surface area contributed by atoms with Gasteiger partial charge in [0.1, 0.15) is 11.0 Å². The summed E-state index contributed by atoms with van der Waals surface area (Å²) in [6.07, 6.45) is -0.0198. The molecule has 10 heteroatoms. The number of likely N-dealkylation sites (N-methyl/N-ethyl adjacent to an activating group) is 2. The smallest absolute Gasteiger partial charge is 0.326 e. The Kier molecular flexibility index (Phi) is 5.35. The minimum atomic E-state index is -0.712. The van der Waals surface area contributed by atoms with Gasteiger partial charge in [-0.1, -0.05) is 23.1 Å². The van der Waals surface area contributed by atoms with Crippen LogP contribution in [0.5, 0.6) is 0 Å². The molecule has 0 saturated carbocycles. The molecule has 1 N–H and O–H groups in total. The van der Waals surface area contributed by atoms with Crippen molar-refractivity contribution in [2.75, 3.05) is 26.4 Å². The Morgan fingerprint density at radius 3 is 2.64 bits per heavy atom. The maximum absolute atomic E-state index is 11.9. The van der Waals surface area contributed by atoms with Crippen LogP contribution >= 0.6 is 23.1 Å². The Balaban J connectivity index is 1.72. The fourth-order valence-electron chi connectivity index (χ4n) is 1.99. The van der Waals surface area contributed by atoms with Gasteiger partial charge >= 0.3 is 6.03 Å². The summed E-state index contributed by atoms with van der Waals surface area (Å²) in [6, 6.07) is -1.10. The van der Waals surface area contributed by atoms with Crippen molar-refractivity contribution in [1.29, 1.82) is 0 Å². The third kappa shape index (κ3) is 3.74. The van der Waals surface area contributed by atoms with Crippen LogP contribution in [0.25, 0.3) is 0 Å². The first kappa shape index (κ1) is 16.7. The fraction of sp³-hybridized carbons (Fsp3) is 0.583. The third-order valence-electron chi connectivity index (χ3n) is 3.21. The van der Waals surface area contributed by atoms with E-state index in [-0.39, 0.29) is 24.3 Å². The Bertz CT molecular complexity index is 591. The first-order chi connectivity index (χ1) is 10.4. The zero-order valence-corrected chi connectivity index (χ0v) is 14.2. The van der Waals surface area contributed by atoms with Crippen LogP contribution in [-0.2, 0) is 9.59 Å². The van der Waals surface area contributed by atoms with Crippen molar-refractivity contribution in [2.24, 2.45) is 0 Å². The Labute approximate surface area is 136 Å². The van der Waals surface area contributed by atoms with Crippen molar-refractivity contribution in [3.63, 3.8) is 0 Å². The molecule has 0 radical (unpaired) electrons. The van der Waals surface area contributed by atoms with E-state index >= 15 is 0 Å². The van der Waals surface area contributed by atoms with E-state index in [0.29, 0.717) is 12.3 Å². The van der Waals surface area contributed by atoms with Gasteiger partial charge in [-0.2, -0.15) is 0 Å². The van der Waals surface area contributed by atoms with E-state index < -0.39 is 6.04 Å². The average Bonchev–Trinajstić information content (AvgIpc) is 2.97. The summed E-state index contributed by atoms with van der Waals surface area (Å²) in [5.74, 6) is 0.0805. The van der Waals surface area contributed by atoms with E-state index in [4.69, 9.17) is 0 Å². The monoisotopic (exact) mass is 343 g/mol. The van der Waals surface area contributed by atoms with Crippen LogP contribution in [0, 0.1) is 6.92 Å². The number of hydrogen-bond acceptors (Lipinski definition) is 7. The molecule has 1 aromatic rings. The number of aryl methyl sites for hydroxylation is 1. The van der Waals surface area contributed by atoms with E-state index in [2.05, 4.69) is 15.5 Å². The maximum atomic E-state index is 11.9. The summed E-state index contributed by atoms with van der Waals surface area (Å²) in [6.45, 7) is 2.35. The molecule has 22 heavy (non-hydrogen) atoms. The molecule has 0 unspecified atom stereocenters. The van der Waals surface area contributed by atoms with E-state index in [9.17, 15) is 14.4 Å². The zero-order chi connectivity index (χ0) is 16.3. The van der Waals surface area contributed by atoms with Crippen LogP contribution in [0.4, 0.5) is 4.79 Å². The molecule has 0 bridgehead atoms. The predicted octanol–water partition coefficient (Wildman–Crippen LogP) is 0.337. The van der Waals surface area contributed by atoms with Gasteiger partial charge in [-0.15, -0.1) is 10.2 Å². The molecule has 0 aliphatic carbocycles. The van der Waals surface area contributed by atoms with Crippen LogP contribution in [0.1, 0.15) is 11.4 Å². The second-order valence-electron chi connectivity index (χ2n) is 4.80. The maximum Gasteiger partial charge on any atom is 0.326 e. The lowest BCUT2D eigenvalue weighted by Crippen LogP contribution is -2.38. The molecule has 4 amide bonds. The number of amides is 4. The summed E-state index contributed by atoms with van der Waals surface area (Å²) in [5, 5.41) is 11.5. The number of carbonyl (C=O) groups excluding carboxylic acids is 3. The zero-order valence-electron chi connectivity index (χ0n) is 12.5. The van der Waals surface area contributed by atoms with Crippen molar-refractivity contribution in [3.05, 3.63) is 5.01 Å². The van der Waals surface area contributed by atoms with Crippen LogP contribution in [0.15, 0.2) is 4.34 Å². The van der Waals surface area contributed by atoms with Gasteiger partial charge in [0.05, 0.1) is 6.42 Å². The molecule has 120 valence electrons. The minimum absolute atomic E-state index is 0.0198. The predicted molar refractivity (Wildman–Crippen MR) is 82.7 cm³/mol. The molecule has 0 aromatic carbocycles. The number of thioether (sulfide) groups is 1. The summed E-state index contributed by atoms with van der Waals surface area (Å²) in [5.41, 5.74) is 0. The van der Waals surface area contributed by atoms with Gasteiger partial charge in [-0.05, 0) is 6.92 Å². The summed E-state index contributed by atoms with van der Waals surface area (Å²) < 4.78 is 0.865. The van der Waals surface area contributed by atoms with Crippen molar-refractivity contribution < 1.29 is 14.4 Å². The summed E-state index contributed by atoms with van der Waals surface area (Å²) in [4.78, 5) is 37.6. The van der Waals surface area contributed by atoms with Gasteiger partial charge in [0.25, 0.3) is 5.91 Å². The van der Waals surface area contributed by atoms with E-state index in [1.54, 1.807) is 0 Å². The second kappa shape index (κ2) is 7.05. The van der Waals surface area contributed by atoms with Crippen molar-refractivity contribution in [1.82, 2.24) is 25.3 Å². The number of imide groups is 1. The average molecular weight is 343 g/mol. The lowest BCUT2D eigenvalue weighted by Gasteiger charge is -2.15. The highest BCUT2D eigenvalue weighted by Gasteiger charge is 2.41. The SMILES string of the molecule is Cc1nnc(SCCNC(=O)C[C@@H]2C(=O)N(C)C(=O)N2C)s1. The topological polar surface area (TPSA) is 95.5 Å². The molecule has 1 saturated heterocycles. The highest BCUT2D eigenvalue weighted by molar-refractivity contribution is 8.01. The molecular formula is C12H17N5O3S2. The lowest BCUT2D eigenvalue weighted by molar-refractivity contribution is -0.131. The Morgan fingerprint density at radius 2 is 2.09 bits per heavy atom. The van der Waals surface area contributed by atoms with Gasteiger partial charge < -0.3 is 10.2 Å². The molecule has 1 aromatic heterocycles. The molecule has 2 heterocycles. The number of urea groups is 1. The quantitative estimate of drug-likeness (QED) is 0.454. The van der Waals surface area contributed by atoms with Crippen molar-refractivity contribution in [3.8, 4) is 0 Å². The summed E-state index contributed by atoms with van der Waals surface area (Å²) >= 11 is 3.03. The molecule has 2 rings (SSSR count). The number of aromatic nitrogens is 2.